The quantitative estimate of drug-likeness (QED) is 0.624. The van der Waals surface area contributed by atoms with Crippen molar-refractivity contribution in [2.45, 2.75) is 11.8 Å². The van der Waals surface area contributed by atoms with Crippen LogP contribution in [0.2, 0.25) is 0 Å². The Morgan fingerprint density at radius 3 is 2.31 bits per heavy atom. The zero-order chi connectivity index (χ0) is 18.5. The van der Waals surface area contributed by atoms with Crippen molar-refractivity contribution in [2.24, 2.45) is 0 Å². The lowest BCUT2D eigenvalue weighted by Gasteiger charge is -2.04. The molecule has 7 heteroatoms. The number of amides is 2. The van der Waals surface area contributed by atoms with Crippen LogP contribution in [-0.2, 0) is 4.79 Å². The van der Waals surface area contributed by atoms with Crippen LogP contribution in [0.4, 0.5) is 10.8 Å². The van der Waals surface area contributed by atoms with Crippen LogP contribution in [0, 0.1) is 0 Å². The summed E-state index contributed by atoms with van der Waals surface area (Å²) in [5, 5.41) is 7.94. The second-order valence-electron chi connectivity index (χ2n) is 5.48. The summed E-state index contributed by atoms with van der Waals surface area (Å²) in [6.07, 6.45) is 2.04. The lowest BCUT2D eigenvalue weighted by atomic mass is 10.2. The van der Waals surface area contributed by atoms with Crippen molar-refractivity contribution in [2.75, 3.05) is 16.9 Å². The molecule has 2 aromatic carbocycles. The Morgan fingerprint density at radius 2 is 1.69 bits per heavy atom. The summed E-state index contributed by atoms with van der Waals surface area (Å²) < 4.78 is 0. The highest BCUT2D eigenvalue weighted by molar-refractivity contribution is 7.98. The molecule has 5 nitrogen and oxygen atoms in total. The normalized spacial score (nSPS) is 10.4. The maximum atomic E-state index is 12.3. The first-order valence-electron chi connectivity index (χ1n) is 7.84. The molecule has 2 N–H and O–H groups in total. The van der Waals surface area contributed by atoms with Crippen molar-refractivity contribution < 1.29 is 9.59 Å². The summed E-state index contributed by atoms with van der Waals surface area (Å²) in [5.74, 6) is -0.388. The number of aromatic nitrogens is 1. The summed E-state index contributed by atoms with van der Waals surface area (Å²) in [6, 6.07) is 14.9. The van der Waals surface area contributed by atoms with E-state index in [-0.39, 0.29) is 11.8 Å². The van der Waals surface area contributed by atoms with Gasteiger partial charge in [0.05, 0.1) is 5.69 Å². The van der Waals surface area contributed by atoms with Gasteiger partial charge in [-0.3, -0.25) is 14.9 Å². The van der Waals surface area contributed by atoms with E-state index in [0.717, 1.165) is 11.3 Å². The minimum atomic E-state index is -0.238. The van der Waals surface area contributed by atoms with E-state index >= 15 is 0 Å². The van der Waals surface area contributed by atoms with Crippen LogP contribution in [0.5, 0.6) is 0 Å². The van der Waals surface area contributed by atoms with E-state index in [4.69, 9.17) is 0 Å². The number of hydrogen-bond acceptors (Lipinski definition) is 5. The number of thioether (sulfide) groups is 1. The fraction of sp³-hybridized carbons (Fsp3) is 0.105. The second kappa shape index (κ2) is 8.16. The Hall–Kier alpha value is -2.64. The molecule has 0 radical (unpaired) electrons. The Labute approximate surface area is 159 Å². The maximum Gasteiger partial charge on any atom is 0.257 e. The maximum absolute atomic E-state index is 12.3. The average Bonchev–Trinajstić information content (AvgIpc) is 3.10. The highest BCUT2D eigenvalue weighted by atomic mass is 32.2. The first-order valence-corrected chi connectivity index (χ1v) is 9.94. The fourth-order valence-corrected chi connectivity index (χ4v) is 3.43. The molecular formula is C19H17N3O2S2. The third kappa shape index (κ3) is 4.50. The highest BCUT2D eigenvalue weighted by Gasteiger charge is 2.10. The number of carbonyl (C=O) groups excluding carboxylic acids is 2. The summed E-state index contributed by atoms with van der Waals surface area (Å²) in [5.41, 5.74) is 3.00. The van der Waals surface area contributed by atoms with Gasteiger partial charge in [0.2, 0.25) is 5.91 Å². The van der Waals surface area contributed by atoms with Gasteiger partial charge in [-0.15, -0.1) is 23.1 Å². The third-order valence-corrected chi connectivity index (χ3v) is 5.08. The SMILES string of the molecule is CSc1ccc(-c2csc(NC(=O)c3ccc(NC(C)=O)cc3)n2)cc1. The standard InChI is InChI=1S/C19H17N3O2S2/c1-12(23)20-15-7-3-14(4-8-15)18(24)22-19-21-17(11-26-19)13-5-9-16(25-2)10-6-13/h3-11H,1-2H3,(H,20,23)(H,21,22,24). The predicted octanol–water partition coefficient (Wildman–Crippen LogP) is 4.74. The lowest BCUT2D eigenvalue weighted by Crippen LogP contribution is -2.12. The second-order valence-corrected chi connectivity index (χ2v) is 7.22. The zero-order valence-corrected chi connectivity index (χ0v) is 15.9. The van der Waals surface area contributed by atoms with E-state index in [2.05, 4.69) is 15.6 Å². The molecule has 0 fully saturated rings. The van der Waals surface area contributed by atoms with E-state index in [0.29, 0.717) is 16.4 Å². The molecule has 132 valence electrons. The molecule has 2 amide bonds. The third-order valence-electron chi connectivity index (χ3n) is 3.58. The van der Waals surface area contributed by atoms with Crippen LogP contribution >= 0.6 is 23.1 Å². The van der Waals surface area contributed by atoms with Crippen molar-refractivity contribution in [3.63, 3.8) is 0 Å². The van der Waals surface area contributed by atoms with E-state index in [9.17, 15) is 9.59 Å². The van der Waals surface area contributed by atoms with Gasteiger partial charge < -0.3 is 5.32 Å². The molecule has 0 saturated carbocycles. The molecule has 3 rings (SSSR count). The topological polar surface area (TPSA) is 71.1 Å². The van der Waals surface area contributed by atoms with Gasteiger partial charge in [0.15, 0.2) is 5.13 Å². The zero-order valence-electron chi connectivity index (χ0n) is 14.3. The average molecular weight is 383 g/mol. The van der Waals surface area contributed by atoms with Gasteiger partial charge in [-0.25, -0.2) is 4.98 Å². The van der Waals surface area contributed by atoms with Gasteiger partial charge in [0.25, 0.3) is 5.91 Å². The van der Waals surface area contributed by atoms with Gasteiger partial charge in [-0.2, -0.15) is 0 Å². The van der Waals surface area contributed by atoms with Crippen LogP contribution in [0.15, 0.2) is 58.8 Å². The van der Waals surface area contributed by atoms with E-state index in [1.165, 1.54) is 23.2 Å². The number of hydrogen-bond donors (Lipinski definition) is 2. The molecule has 0 spiro atoms. The highest BCUT2D eigenvalue weighted by Crippen LogP contribution is 2.27. The number of benzene rings is 2. The number of thiazole rings is 1. The minimum absolute atomic E-state index is 0.150. The molecule has 1 aromatic heterocycles. The summed E-state index contributed by atoms with van der Waals surface area (Å²) in [4.78, 5) is 29.0. The molecule has 3 aromatic rings. The smallest absolute Gasteiger partial charge is 0.257 e. The molecule has 0 saturated heterocycles. The summed E-state index contributed by atoms with van der Waals surface area (Å²) in [6.45, 7) is 1.44. The van der Waals surface area contributed by atoms with E-state index in [1.54, 1.807) is 36.0 Å². The van der Waals surface area contributed by atoms with Crippen molar-refractivity contribution in [1.29, 1.82) is 0 Å². The van der Waals surface area contributed by atoms with Crippen LogP contribution in [0.1, 0.15) is 17.3 Å². The Morgan fingerprint density at radius 1 is 1.00 bits per heavy atom. The van der Waals surface area contributed by atoms with Gasteiger partial charge in [-0.1, -0.05) is 12.1 Å². The monoisotopic (exact) mass is 383 g/mol. The van der Waals surface area contributed by atoms with Gasteiger partial charge in [0, 0.05) is 34.0 Å². The lowest BCUT2D eigenvalue weighted by molar-refractivity contribution is -0.114. The molecule has 0 unspecified atom stereocenters. The predicted molar refractivity (Wildman–Crippen MR) is 108 cm³/mol. The largest absolute Gasteiger partial charge is 0.326 e. The van der Waals surface area contributed by atoms with Crippen LogP contribution < -0.4 is 10.6 Å². The molecule has 0 atom stereocenters. The number of rotatable bonds is 5. The van der Waals surface area contributed by atoms with Crippen LogP contribution in [-0.4, -0.2) is 23.1 Å². The van der Waals surface area contributed by atoms with Gasteiger partial charge in [-0.05, 0) is 42.7 Å². The number of anilines is 2. The minimum Gasteiger partial charge on any atom is -0.326 e. The first kappa shape index (κ1) is 18.2. The molecule has 0 aliphatic carbocycles. The number of nitrogens with zero attached hydrogens (tertiary/aromatic N) is 1. The number of nitrogens with one attached hydrogen (secondary N) is 2. The molecule has 0 aliphatic heterocycles. The van der Waals surface area contributed by atoms with E-state index in [1.807, 2.05) is 35.9 Å². The Balaban J connectivity index is 1.68. The van der Waals surface area contributed by atoms with Crippen molar-refractivity contribution >= 4 is 45.7 Å². The molecular weight excluding hydrogens is 366 g/mol. The van der Waals surface area contributed by atoms with E-state index < -0.39 is 0 Å². The van der Waals surface area contributed by atoms with Gasteiger partial charge >= 0.3 is 0 Å². The van der Waals surface area contributed by atoms with Crippen molar-refractivity contribution in [3.8, 4) is 11.3 Å². The van der Waals surface area contributed by atoms with Crippen molar-refractivity contribution in [3.05, 3.63) is 59.5 Å². The van der Waals surface area contributed by atoms with Crippen molar-refractivity contribution in [1.82, 2.24) is 4.98 Å². The molecule has 26 heavy (non-hydrogen) atoms. The first-order chi connectivity index (χ1) is 12.5. The van der Waals surface area contributed by atoms with Crippen LogP contribution in [0.25, 0.3) is 11.3 Å². The molecule has 1 heterocycles. The Kier molecular flexibility index (Phi) is 5.70. The summed E-state index contributed by atoms with van der Waals surface area (Å²) >= 11 is 3.07. The summed E-state index contributed by atoms with van der Waals surface area (Å²) in [7, 11) is 0. The molecule has 0 bridgehead atoms. The van der Waals surface area contributed by atoms with Crippen LogP contribution in [0.3, 0.4) is 0 Å². The van der Waals surface area contributed by atoms with Gasteiger partial charge in [0.1, 0.15) is 0 Å². The Bertz CT molecular complexity index is 919. The molecule has 0 aliphatic rings. The number of carbonyl (C=O) groups is 2. The fourth-order valence-electron chi connectivity index (χ4n) is 2.30.